The normalized spacial score (nSPS) is 16.5. The van der Waals surface area contributed by atoms with Crippen LogP contribution in [0.15, 0.2) is 39.9 Å². The van der Waals surface area contributed by atoms with Crippen molar-refractivity contribution >= 4 is 28.6 Å². The molecule has 1 aromatic carbocycles. The number of nitrogens with one attached hydrogen (secondary N) is 1. The standard InChI is InChI=1S/C19H23N5O2S/c1-13(17-11-14-7-5-6-10-16(14)26-17)20-18(25)12-27-19-21-22-23-24(19)15-8-3-2-4-9-15/h5-7,10-11,13,15H,2-4,8-9,12H2,1H3,(H,20,25)/t13-/m0/s1. The van der Waals surface area contributed by atoms with Crippen molar-refractivity contribution in [2.75, 3.05) is 5.75 Å². The highest BCUT2D eigenvalue weighted by molar-refractivity contribution is 7.99. The molecule has 0 unspecified atom stereocenters. The molecule has 142 valence electrons. The molecule has 0 radical (unpaired) electrons. The van der Waals surface area contributed by atoms with Crippen molar-refractivity contribution < 1.29 is 9.21 Å². The van der Waals surface area contributed by atoms with Gasteiger partial charge in [-0.15, -0.1) is 5.10 Å². The molecule has 1 aliphatic carbocycles. The molecule has 2 aromatic heterocycles. The molecule has 7 nitrogen and oxygen atoms in total. The van der Waals surface area contributed by atoms with Gasteiger partial charge in [0.15, 0.2) is 0 Å². The first-order valence-corrected chi connectivity index (χ1v) is 10.4. The van der Waals surface area contributed by atoms with Crippen LogP contribution in [0.2, 0.25) is 0 Å². The van der Waals surface area contributed by atoms with E-state index in [1.807, 2.05) is 41.9 Å². The Morgan fingerprint density at radius 2 is 2.15 bits per heavy atom. The second-order valence-corrected chi connectivity index (χ2v) is 7.90. The second-order valence-electron chi connectivity index (χ2n) is 6.96. The van der Waals surface area contributed by atoms with E-state index < -0.39 is 0 Å². The van der Waals surface area contributed by atoms with Crippen LogP contribution in [0, 0.1) is 0 Å². The summed E-state index contributed by atoms with van der Waals surface area (Å²) in [6.07, 6.45) is 5.92. The summed E-state index contributed by atoms with van der Waals surface area (Å²) >= 11 is 1.38. The van der Waals surface area contributed by atoms with Crippen LogP contribution in [-0.4, -0.2) is 31.9 Å². The Hall–Kier alpha value is -2.35. The van der Waals surface area contributed by atoms with E-state index in [-0.39, 0.29) is 17.7 Å². The number of carbonyl (C=O) groups excluding carboxylic acids is 1. The maximum Gasteiger partial charge on any atom is 0.231 e. The van der Waals surface area contributed by atoms with Gasteiger partial charge in [0.25, 0.3) is 0 Å². The van der Waals surface area contributed by atoms with Crippen molar-refractivity contribution in [1.82, 2.24) is 25.5 Å². The van der Waals surface area contributed by atoms with Gasteiger partial charge in [0, 0.05) is 5.39 Å². The van der Waals surface area contributed by atoms with E-state index in [0.29, 0.717) is 11.2 Å². The van der Waals surface area contributed by atoms with Gasteiger partial charge in [0.1, 0.15) is 11.3 Å². The van der Waals surface area contributed by atoms with Gasteiger partial charge in [-0.05, 0) is 42.3 Å². The minimum absolute atomic E-state index is 0.0637. The number of amides is 1. The van der Waals surface area contributed by atoms with Gasteiger partial charge < -0.3 is 9.73 Å². The van der Waals surface area contributed by atoms with Gasteiger partial charge in [-0.3, -0.25) is 4.79 Å². The monoisotopic (exact) mass is 385 g/mol. The lowest BCUT2D eigenvalue weighted by Crippen LogP contribution is -2.28. The zero-order valence-corrected chi connectivity index (χ0v) is 16.1. The molecular formula is C19H23N5O2S. The third-order valence-electron chi connectivity index (χ3n) is 4.96. The number of hydrogen-bond donors (Lipinski definition) is 1. The maximum absolute atomic E-state index is 12.4. The molecule has 1 fully saturated rings. The van der Waals surface area contributed by atoms with Gasteiger partial charge in [0.2, 0.25) is 11.1 Å². The molecule has 1 aliphatic rings. The number of carbonyl (C=O) groups is 1. The fourth-order valence-electron chi connectivity index (χ4n) is 3.54. The van der Waals surface area contributed by atoms with Crippen LogP contribution in [0.3, 0.4) is 0 Å². The minimum atomic E-state index is -0.195. The molecule has 1 saturated carbocycles. The molecule has 2 heterocycles. The average Bonchev–Trinajstić information content (AvgIpc) is 3.34. The zero-order valence-electron chi connectivity index (χ0n) is 15.3. The summed E-state index contributed by atoms with van der Waals surface area (Å²) in [4.78, 5) is 12.4. The number of para-hydroxylation sites is 1. The number of fused-ring (bicyclic) bond motifs is 1. The summed E-state index contributed by atoms with van der Waals surface area (Å²) in [5.41, 5.74) is 0.828. The summed E-state index contributed by atoms with van der Waals surface area (Å²) < 4.78 is 7.71. The van der Waals surface area contributed by atoms with Crippen molar-refractivity contribution in [3.05, 3.63) is 36.1 Å². The number of thioether (sulfide) groups is 1. The van der Waals surface area contributed by atoms with Crippen LogP contribution in [0.1, 0.15) is 56.9 Å². The number of rotatable bonds is 6. The van der Waals surface area contributed by atoms with Gasteiger partial charge in [-0.1, -0.05) is 49.2 Å². The van der Waals surface area contributed by atoms with Crippen molar-refractivity contribution in [2.24, 2.45) is 0 Å². The van der Waals surface area contributed by atoms with E-state index in [4.69, 9.17) is 4.42 Å². The lowest BCUT2D eigenvalue weighted by molar-refractivity contribution is -0.119. The molecule has 0 spiro atoms. The predicted molar refractivity (Wildman–Crippen MR) is 103 cm³/mol. The van der Waals surface area contributed by atoms with Crippen molar-refractivity contribution in [3.8, 4) is 0 Å². The van der Waals surface area contributed by atoms with Crippen molar-refractivity contribution in [1.29, 1.82) is 0 Å². The zero-order chi connectivity index (χ0) is 18.6. The Balaban J connectivity index is 1.34. The Morgan fingerprint density at radius 1 is 1.33 bits per heavy atom. The van der Waals surface area contributed by atoms with Gasteiger partial charge in [0.05, 0.1) is 17.8 Å². The molecule has 8 heteroatoms. The molecule has 27 heavy (non-hydrogen) atoms. The highest BCUT2D eigenvalue weighted by Crippen LogP contribution is 2.30. The highest BCUT2D eigenvalue weighted by atomic mass is 32.2. The molecule has 0 aliphatic heterocycles. The highest BCUT2D eigenvalue weighted by Gasteiger charge is 2.21. The van der Waals surface area contributed by atoms with Gasteiger partial charge in [-0.25, -0.2) is 4.68 Å². The molecule has 1 amide bonds. The summed E-state index contributed by atoms with van der Waals surface area (Å²) in [6, 6.07) is 9.96. The van der Waals surface area contributed by atoms with Crippen LogP contribution in [0.25, 0.3) is 11.0 Å². The Bertz CT molecular complexity index is 883. The lowest BCUT2D eigenvalue weighted by Gasteiger charge is -2.22. The van der Waals surface area contributed by atoms with E-state index in [9.17, 15) is 4.79 Å². The first-order valence-electron chi connectivity index (χ1n) is 9.39. The lowest BCUT2D eigenvalue weighted by atomic mass is 9.96. The summed E-state index contributed by atoms with van der Waals surface area (Å²) in [7, 11) is 0. The molecule has 1 atom stereocenters. The van der Waals surface area contributed by atoms with Crippen molar-refractivity contribution in [2.45, 2.75) is 56.3 Å². The van der Waals surface area contributed by atoms with Crippen LogP contribution in [-0.2, 0) is 4.79 Å². The van der Waals surface area contributed by atoms with E-state index >= 15 is 0 Å². The van der Waals surface area contributed by atoms with Crippen LogP contribution < -0.4 is 5.32 Å². The molecule has 4 rings (SSSR count). The summed E-state index contributed by atoms with van der Waals surface area (Å²) in [6.45, 7) is 1.92. The first kappa shape index (κ1) is 18.0. The van der Waals surface area contributed by atoms with Gasteiger partial charge in [-0.2, -0.15) is 0 Å². The minimum Gasteiger partial charge on any atom is -0.459 e. The van der Waals surface area contributed by atoms with Gasteiger partial charge >= 0.3 is 0 Å². The SMILES string of the molecule is C[C@H](NC(=O)CSc1nnnn1C1CCCCC1)c1cc2ccccc2o1. The second kappa shape index (κ2) is 8.12. The predicted octanol–water partition coefficient (Wildman–Crippen LogP) is 3.89. The quantitative estimate of drug-likeness (QED) is 0.648. The van der Waals surface area contributed by atoms with Crippen molar-refractivity contribution in [3.63, 3.8) is 0 Å². The summed E-state index contributed by atoms with van der Waals surface area (Å²) in [5.74, 6) is 0.963. The van der Waals surface area contributed by atoms with E-state index in [1.54, 1.807) is 0 Å². The fourth-order valence-corrected chi connectivity index (χ4v) is 4.29. The van der Waals surface area contributed by atoms with E-state index in [2.05, 4.69) is 20.8 Å². The topological polar surface area (TPSA) is 85.8 Å². The Labute approximate surface area is 161 Å². The number of hydrogen-bond acceptors (Lipinski definition) is 6. The maximum atomic E-state index is 12.4. The largest absolute Gasteiger partial charge is 0.459 e. The molecule has 0 bridgehead atoms. The van der Waals surface area contributed by atoms with E-state index in [0.717, 1.165) is 29.6 Å². The van der Waals surface area contributed by atoms with Crippen LogP contribution >= 0.6 is 11.8 Å². The Morgan fingerprint density at radius 3 is 2.96 bits per heavy atom. The Kier molecular flexibility index (Phi) is 5.42. The first-order chi connectivity index (χ1) is 13.2. The van der Waals surface area contributed by atoms with E-state index in [1.165, 1.54) is 31.0 Å². The number of furan rings is 1. The molecule has 1 N–H and O–H groups in total. The molecular weight excluding hydrogens is 362 g/mol. The van der Waals surface area contributed by atoms with Crippen LogP contribution in [0.5, 0.6) is 0 Å². The van der Waals surface area contributed by atoms with Crippen LogP contribution in [0.4, 0.5) is 0 Å². The smallest absolute Gasteiger partial charge is 0.231 e. The fraction of sp³-hybridized carbons (Fsp3) is 0.474. The number of tetrazole rings is 1. The molecule has 0 saturated heterocycles. The number of nitrogens with zero attached hydrogens (tertiary/aromatic N) is 4. The average molecular weight is 385 g/mol. The number of aromatic nitrogens is 4. The number of benzene rings is 1. The third kappa shape index (κ3) is 4.16. The summed E-state index contributed by atoms with van der Waals surface area (Å²) in [5, 5.41) is 16.8. The third-order valence-corrected chi connectivity index (χ3v) is 5.90. The molecule has 3 aromatic rings.